The number of hydrogen-bond donors (Lipinski definition) is 0. The maximum absolute atomic E-state index is 12.1. The normalized spacial score (nSPS) is 13.3. The fourth-order valence-electron chi connectivity index (χ4n) is 2.97. The van der Waals surface area contributed by atoms with Crippen molar-refractivity contribution in [1.82, 2.24) is 0 Å². The first kappa shape index (κ1) is 17.2. The van der Waals surface area contributed by atoms with Gasteiger partial charge in [-0.1, -0.05) is 23.2 Å². The Morgan fingerprint density at radius 2 is 2.08 bits per heavy atom. The number of halogens is 2. The van der Waals surface area contributed by atoms with Crippen LogP contribution in [0.3, 0.4) is 0 Å². The van der Waals surface area contributed by atoms with Gasteiger partial charge < -0.3 is 18.6 Å². The zero-order chi connectivity index (χ0) is 18.3. The van der Waals surface area contributed by atoms with E-state index in [0.29, 0.717) is 28.3 Å². The maximum Gasteiger partial charge on any atom is 0.211 e. The summed E-state index contributed by atoms with van der Waals surface area (Å²) in [5, 5.41) is 1.06. The number of rotatable bonds is 3. The third-order valence-electron chi connectivity index (χ3n) is 4.23. The Kier molecular flexibility index (Phi) is 4.53. The molecular formula is C19H14Cl2O5. The van der Waals surface area contributed by atoms with Gasteiger partial charge in [0.2, 0.25) is 5.43 Å². The molecule has 134 valence electrons. The molecule has 0 saturated heterocycles. The molecule has 4 rings (SSSR count). The molecule has 1 aliphatic heterocycles. The van der Waals surface area contributed by atoms with E-state index in [1.165, 1.54) is 6.26 Å². The van der Waals surface area contributed by atoms with Gasteiger partial charge in [0, 0.05) is 21.7 Å². The minimum Gasteiger partial charge on any atom is -0.488 e. The van der Waals surface area contributed by atoms with Gasteiger partial charge in [-0.3, -0.25) is 4.79 Å². The summed E-state index contributed by atoms with van der Waals surface area (Å²) in [6.07, 6.45) is 1.24. The quantitative estimate of drug-likeness (QED) is 0.637. The summed E-state index contributed by atoms with van der Waals surface area (Å²) in [5.41, 5.74) is 2.62. The molecule has 0 aliphatic carbocycles. The monoisotopic (exact) mass is 392 g/mol. The van der Waals surface area contributed by atoms with Gasteiger partial charge in [-0.2, -0.15) is 0 Å². The van der Waals surface area contributed by atoms with Crippen LogP contribution in [0.5, 0.6) is 11.5 Å². The summed E-state index contributed by atoms with van der Waals surface area (Å²) in [6, 6.07) is 7.00. The van der Waals surface area contributed by atoms with Crippen molar-refractivity contribution in [1.29, 1.82) is 0 Å². The van der Waals surface area contributed by atoms with Crippen molar-refractivity contribution in [3.8, 4) is 11.5 Å². The van der Waals surface area contributed by atoms with Crippen molar-refractivity contribution in [2.45, 2.75) is 20.1 Å². The Morgan fingerprint density at radius 1 is 1.23 bits per heavy atom. The summed E-state index contributed by atoms with van der Waals surface area (Å²) in [5.74, 6) is 1.33. The van der Waals surface area contributed by atoms with Crippen LogP contribution in [0, 0.1) is 6.92 Å². The molecule has 0 unspecified atom stereocenters. The van der Waals surface area contributed by atoms with Gasteiger partial charge in [0.15, 0.2) is 6.79 Å². The van der Waals surface area contributed by atoms with Crippen LogP contribution in [0.2, 0.25) is 10.0 Å². The van der Waals surface area contributed by atoms with Crippen molar-refractivity contribution in [3.63, 3.8) is 0 Å². The van der Waals surface area contributed by atoms with Gasteiger partial charge in [-0.15, -0.1) is 0 Å². The second-order valence-corrected chi connectivity index (χ2v) is 6.77. The first-order chi connectivity index (χ1) is 12.5. The van der Waals surface area contributed by atoms with Crippen molar-refractivity contribution in [3.05, 3.63) is 67.5 Å². The van der Waals surface area contributed by atoms with Crippen LogP contribution >= 0.6 is 23.2 Å². The molecule has 0 spiro atoms. The lowest BCUT2D eigenvalue weighted by molar-refractivity contribution is -0.0175. The van der Waals surface area contributed by atoms with Crippen LogP contribution in [-0.4, -0.2) is 6.79 Å². The van der Waals surface area contributed by atoms with Crippen molar-refractivity contribution >= 4 is 34.2 Å². The second-order valence-electron chi connectivity index (χ2n) is 5.93. The minimum absolute atomic E-state index is 0.0514. The van der Waals surface area contributed by atoms with Crippen LogP contribution in [-0.2, 0) is 18.0 Å². The molecule has 26 heavy (non-hydrogen) atoms. The van der Waals surface area contributed by atoms with Crippen molar-refractivity contribution in [2.75, 3.05) is 6.79 Å². The SMILES string of the molecule is Cc1c(OCc2cc(Cl)cc3c2OCOC3)ccc2c(=O)c(Cl)coc12. The standard InChI is InChI=1S/C19H14Cl2O5/c1-10-16(3-2-14-17(22)15(21)8-25-18(10)14)24-7-12-5-13(20)4-11-6-23-9-26-19(11)12/h2-5,8H,6-7,9H2,1H3. The third-order valence-corrected chi connectivity index (χ3v) is 4.71. The number of aryl methyl sites for hydroxylation is 1. The lowest BCUT2D eigenvalue weighted by atomic mass is 10.1. The summed E-state index contributed by atoms with van der Waals surface area (Å²) in [6.45, 7) is 2.73. The smallest absolute Gasteiger partial charge is 0.211 e. The van der Waals surface area contributed by atoms with Gasteiger partial charge in [-0.05, 0) is 31.2 Å². The van der Waals surface area contributed by atoms with E-state index in [2.05, 4.69) is 0 Å². The minimum atomic E-state index is -0.264. The number of ether oxygens (including phenoxy) is 3. The zero-order valence-corrected chi connectivity index (χ0v) is 15.3. The number of hydrogen-bond acceptors (Lipinski definition) is 5. The Labute approximate surface area is 159 Å². The molecular weight excluding hydrogens is 379 g/mol. The summed E-state index contributed by atoms with van der Waals surface area (Å²) in [4.78, 5) is 12.1. The molecule has 0 atom stereocenters. The van der Waals surface area contributed by atoms with Crippen molar-refractivity contribution in [2.24, 2.45) is 0 Å². The molecule has 7 heteroatoms. The van der Waals surface area contributed by atoms with E-state index in [0.717, 1.165) is 22.4 Å². The molecule has 1 aromatic heterocycles. The lowest BCUT2D eigenvalue weighted by Crippen LogP contribution is -2.14. The molecule has 0 N–H and O–H groups in total. The highest BCUT2D eigenvalue weighted by molar-refractivity contribution is 6.31. The predicted molar refractivity (Wildman–Crippen MR) is 98.3 cm³/mol. The first-order valence-electron chi connectivity index (χ1n) is 7.90. The highest BCUT2D eigenvalue weighted by Gasteiger charge is 2.18. The lowest BCUT2D eigenvalue weighted by Gasteiger charge is -2.21. The Balaban J connectivity index is 1.67. The fraction of sp³-hybridized carbons (Fsp3) is 0.211. The molecule has 0 saturated carbocycles. The van der Waals surface area contributed by atoms with Crippen LogP contribution in [0.4, 0.5) is 0 Å². The molecule has 2 heterocycles. The molecule has 0 amide bonds. The van der Waals surface area contributed by atoms with Gasteiger partial charge >= 0.3 is 0 Å². The highest BCUT2D eigenvalue weighted by atomic mass is 35.5. The average molecular weight is 393 g/mol. The van der Waals surface area contributed by atoms with E-state index in [9.17, 15) is 4.79 Å². The Morgan fingerprint density at radius 3 is 2.92 bits per heavy atom. The molecule has 5 nitrogen and oxygen atoms in total. The molecule has 3 aromatic rings. The van der Waals surface area contributed by atoms with E-state index in [4.69, 9.17) is 41.8 Å². The molecule has 0 radical (unpaired) electrons. The largest absolute Gasteiger partial charge is 0.488 e. The summed E-state index contributed by atoms with van der Waals surface area (Å²) >= 11 is 12.0. The molecule has 0 fully saturated rings. The van der Waals surface area contributed by atoms with Crippen molar-refractivity contribution < 1.29 is 18.6 Å². The third kappa shape index (κ3) is 3.03. The summed E-state index contributed by atoms with van der Waals surface area (Å²) < 4.78 is 22.3. The van der Waals surface area contributed by atoms with Gasteiger partial charge in [-0.25, -0.2) is 0 Å². The van der Waals surface area contributed by atoms with Crippen LogP contribution in [0.15, 0.2) is 39.7 Å². The number of fused-ring (bicyclic) bond motifs is 2. The molecule has 1 aliphatic rings. The topological polar surface area (TPSA) is 57.9 Å². The Bertz CT molecular complexity index is 1060. The highest BCUT2D eigenvalue weighted by Crippen LogP contribution is 2.33. The van der Waals surface area contributed by atoms with E-state index in [1.54, 1.807) is 12.1 Å². The first-order valence-corrected chi connectivity index (χ1v) is 8.65. The fourth-order valence-corrected chi connectivity index (χ4v) is 3.38. The predicted octanol–water partition coefficient (Wildman–Crippen LogP) is 4.85. The average Bonchev–Trinajstić information content (AvgIpc) is 2.64. The maximum atomic E-state index is 12.1. The molecule has 0 bridgehead atoms. The zero-order valence-electron chi connectivity index (χ0n) is 13.8. The van der Waals surface area contributed by atoms with E-state index in [1.807, 2.05) is 19.1 Å². The van der Waals surface area contributed by atoms with Crippen LogP contribution in [0.25, 0.3) is 11.0 Å². The Hall–Kier alpha value is -2.21. The second kappa shape index (κ2) is 6.83. The van der Waals surface area contributed by atoms with Gasteiger partial charge in [0.1, 0.15) is 35.0 Å². The summed E-state index contributed by atoms with van der Waals surface area (Å²) in [7, 11) is 0. The van der Waals surface area contributed by atoms with Crippen LogP contribution in [0.1, 0.15) is 16.7 Å². The number of benzene rings is 2. The molecule has 2 aromatic carbocycles. The van der Waals surface area contributed by atoms with Crippen LogP contribution < -0.4 is 14.9 Å². The van der Waals surface area contributed by atoms with Gasteiger partial charge in [0.25, 0.3) is 0 Å². The van der Waals surface area contributed by atoms with E-state index >= 15 is 0 Å². The van der Waals surface area contributed by atoms with E-state index in [-0.39, 0.29) is 23.9 Å². The van der Waals surface area contributed by atoms with E-state index < -0.39 is 0 Å². The van der Waals surface area contributed by atoms with Gasteiger partial charge in [0.05, 0.1) is 12.0 Å².